The first-order valence-electron chi connectivity index (χ1n) is 8.20. The largest absolute Gasteiger partial charge is 0.487 e. The van der Waals surface area contributed by atoms with Crippen molar-refractivity contribution in [3.63, 3.8) is 0 Å². The van der Waals surface area contributed by atoms with Crippen LogP contribution in [0.1, 0.15) is 62.1 Å². The third-order valence-electron chi connectivity index (χ3n) is 5.61. The number of benzene rings is 1. The van der Waals surface area contributed by atoms with Crippen molar-refractivity contribution < 1.29 is 4.74 Å². The third kappa shape index (κ3) is 2.14. The van der Waals surface area contributed by atoms with Gasteiger partial charge in [-0.1, -0.05) is 17.7 Å². The standard InChI is InChI=1S/C18H25NO/c1-12-4-7-17-15(9-12)16(19)11-18(20-17)8-2-3-14(10-18)13-5-6-13/h4,7,9,13-14,16H,2-3,5-6,8,10-11,19H2,1H3/t14?,16-,18?/m0/s1. The Morgan fingerprint density at radius 1 is 1.15 bits per heavy atom. The maximum absolute atomic E-state index is 6.51. The van der Waals surface area contributed by atoms with Gasteiger partial charge in [0.1, 0.15) is 11.4 Å². The van der Waals surface area contributed by atoms with Gasteiger partial charge in [-0.3, -0.25) is 0 Å². The molecule has 1 heterocycles. The molecule has 0 saturated heterocycles. The first kappa shape index (κ1) is 12.7. The lowest BCUT2D eigenvalue weighted by Gasteiger charge is -2.46. The Morgan fingerprint density at radius 3 is 2.80 bits per heavy atom. The Morgan fingerprint density at radius 2 is 2.00 bits per heavy atom. The van der Waals surface area contributed by atoms with E-state index in [2.05, 4.69) is 25.1 Å². The van der Waals surface area contributed by atoms with Gasteiger partial charge in [-0.25, -0.2) is 0 Å². The Balaban J connectivity index is 1.62. The van der Waals surface area contributed by atoms with Gasteiger partial charge < -0.3 is 10.5 Å². The zero-order valence-corrected chi connectivity index (χ0v) is 12.4. The Labute approximate surface area is 121 Å². The molecule has 108 valence electrons. The van der Waals surface area contributed by atoms with Crippen LogP contribution in [-0.4, -0.2) is 5.60 Å². The normalized spacial score (nSPS) is 36.5. The topological polar surface area (TPSA) is 35.2 Å². The second-order valence-electron chi connectivity index (χ2n) is 7.33. The van der Waals surface area contributed by atoms with Gasteiger partial charge in [-0.05, 0) is 63.4 Å². The second-order valence-corrected chi connectivity index (χ2v) is 7.33. The van der Waals surface area contributed by atoms with E-state index in [9.17, 15) is 0 Å². The summed E-state index contributed by atoms with van der Waals surface area (Å²) in [6, 6.07) is 6.63. The van der Waals surface area contributed by atoms with Crippen molar-refractivity contribution in [3.8, 4) is 5.75 Å². The molecule has 4 rings (SSSR count). The summed E-state index contributed by atoms with van der Waals surface area (Å²) in [5.41, 5.74) is 9.00. The minimum absolute atomic E-state index is 0.0349. The Kier molecular flexibility index (Phi) is 2.85. The van der Waals surface area contributed by atoms with Crippen LogP contribution in [0, 0.1) is 18.8 Å². The summed E-state index contributed by atoms with van der Waals surface area (Å²) in [4.78, 5) is 0. The zero-order chi connectivity index (χ0) is 13.7. The fourth-order valence-corrected chi connectivity index (χ4v) is 4.45. The molecule has 0 amide bonds. The molecule has 2 N–H and O–H groups in total. The molecule has 1 spiro atoms. The van der Waals surface area contributed by atoms with Crippen molar-refractivity contribution in [1.82, 2.24) is 0 Å². The van der Waals surface area contributed by atoms with Crippen molar-refractivity contribution in [2.24, 2.45) is 17.6 Å². The molecular weight excluding hydrogens is 246 g/mol. The third-order valence-corrected chi connectivity index (χ3v) is 5.61. The maximum atomic E-state index is 6.51. The van der Waals surface area contributed by atoms with Gasteiger partial charge >= 0.3 is 0 Å². The predicted octanol–water partition coefficient (Wildman–Crippen LogP) is 4.12. The molecule has 1 aliphatic heterocycles. The van der Waals surface area contributed by atoms with E-state index in [-0.39, 0.29) is 11.6 Å². The number of ether oxygens (including phenoxy) is 1. The van der Waals surface area contributed by atoms with Gasteiger partial charge in [0.25, 0.3) is 0 Å². The van der Waals surface area contributed by atoms with Crippen LogP contribution < -0.4 is 10.5 Å². The summed E-state index contributed by atoms with van der Waals surface area (Å²) in [5, 5.41) is 0. The van der Waals surface area contributed by atoms with E-state index in [1.165, 1.54) is 49.7 Å². The quantitative estimate of drug-likeness (QED) is 0.834. The Hall–Kier alpha value is -1.02. The number of aryl methyl sites for hydroxylation is 1. The van der Waals surface area contributed by atoms with Crippen LogP contribution >= 0.6 is 0 Å². The van der Waals surface area contributed by atoms with Gasteiger partial charge in [-0.2, -0.15) is 0 Å². The zero-order valence-electron chi connectivity index (χ0n) is 12.4. The molecule has 0 aromatic heterocycles. The van der Waals surface area contributed by atoms with Gasteiger partial charge in [0, 0.05) is 18.0 Å². The summed E-state index contributed by atoms with van der Waals surface area (Å²) in [6.07, 6.45) is 9.05. The highest BCUT2D eigenvalue weighted by atomic mass is 16.5. The molecule has 2 heteroatoms. The molecule has 0 radical (unpaired) electrons. The second kappa shape index (κ2) is 4.49. The summed E-state index contributed by atoms with van der Waals surface area (Å²) in [6.45, 7) is 2.13. The van der Waals surface area contributed by atoms with Crippen LogP contribution in [0.15, 0.2) is 18.2 Å². The van der Waals surface area contributed by atoms with Gasteiger partial charge in [-0.15, -0.1) is 0 Å². The Bertz CT molecular complexity index is 522. The average Bonchev–Trinajstić information content (AvgIpc) is 3.24. The van der Waals surface area contributed by atoms with Gasteiger partial charge in [0.05, 0.1) is 0 Å². The molecule has 1 aromatic carbocycles. The molecule has 2 nitrogen and oxygen atoms in total. The summed E-state index contributed by atoms with van der Waals surface area (Å²) in [5.74, 6) is 2.93. The average molecular weight is 271 g/mol. The first-order valence-corrected chi connectivity index (χ1v) is 8.20. The van der Waals surface area contributed by atoms with E-state index in [0.29, 0.717) is 0 Å². The maximum Gasteiger partial charge on any atom is 0.124 e. The summed E-state index contributed by atoms with van der Waals surface area (Å²) in [7, 11) is 0. The SMILES string of the molecule is Cc1ccc2c(c1)[C@@H](N)CC1(CCCC(C3CC3)C1)O2. The highest BCUT2D eigenvalue weighted by Gasteiger charge is 2.46. The van der Waals surface area contributed by atoms with Crippen LogP contribution in [0.4, 0.5) is 0 Å². The predicted molar refractivity (Wildman–Crippen MR) is 80.8 cm³/mol. The molecule has 2 aliphatic carbocycles. The van der Waals surface area contributed by atoms with E-state index in [1.54, 1.807) is 0 Å². The van der Waals surface area contributed by atoms with Gasteiger partial charge in [0.2, 0.25) is 0 Å². The van der Waals surface area contributed by atoms with Crippen molar-refractivity contribution in [2.75, 3.05) is 0 Å². The molecule has 2 unspecified atom stereocenters. The van der Waals surface area contributed by atoms with E-state index in [1.807, 2.05) is 0 Å². The smallest absolute Gasteiger partial charge is 0.124 e. The van der Waals surface area contributed by atoms with Crippen LogP contribution in [0.25, 0.3) is 0 Å². The van der Waals surface area contributed by atoms with Crippen molar-refractivity contribution in [1.29, 1.82) is 0 Å². The fourth-order valence-electron chi connectivity index (χ4n) is 4.45. The molecule has 0 bridgehead atoms. The monoisotopic (exact) mass is 271 g/mol. The van der Waals surface area contributed by atoms with Crippen LogP contribution in [0.3, 0.4) is 0 Å². The van der Waals surface area contributed by atoms with E-state index in [4.69, 9.17) is 10.5 Å². The summed E-state index contributed by atoms with van der Waals surface area (Å²) < 4.78 is 6.51. The van der Waals surface area contributed by atoms with Gasteiger partial charge in [0.15, 0.2) is 0 Å². The highest BCUT2D eigenvalue weighted by Crippen LogP contribution is 2.52. The van der Waals surface area contributed by atoms with E-state index >= 15 is 0 Å². The molecular formula is C18H25NO. The fraction of sp³-hybridized carbons (Fsp3) is 0.667. The van der Waals surface area contributed by atoms with Crippen LogP contribution in [0.5, 0.6) is 5.75 Å². The number of fused-ring (bicyclic) bond motifs is 1. The lowest BCUT2D eigenvalue weighted by Crippen LogP contribution is -2.46. The molecule has 20 heavy (non-hydrogen) atoms. The lowest BCUT2D eigenvalue weighted by molar-refractivity contribution is -0.0207. The highest BCUT2D eigenvalue weighted by molar-refractivity contribution is 5.41. The van der Waals surface area contributed by atoms with Crippen molar-refractivity contribution in [2.45, 2.75) is 63.5 Å². The van der Waals surface area contributed by atoms with Crippen molar-refractivity contribution in [3.05, 3.63) is 29.3 Å². The van der Waals surface area contributed by atoms with Crippen LogP contribution in [-0.2, 0) is 0 Å². The number of hydrogen-bond donors (Lipinski definition) is 1. The molecule has 3 atom stereocenters. The number of rotatable bonds is 1. The molecule has 3 aliphatic rings. The minimum atomic E-state index is 0.0349. The minimum Gasteiger partial charge on any atom is -0.487 e. The van der Waals surface area contributed by atoms with E-state index < -0.39 is 0 Å². The first-order chi connectivity index (χ1) is 9.65. The summed E-state index contributed by atoms with van der Waals surface area (Å²) >= 11 is 0. The number of nitrogens with two attached hydrogens (primary N) is 1. The van der Waals surface area contributed by atoms with Crippen molar-refractivity contribution >= 4 is 0 Å². The molecule has 2 saturated carbocycles. The van der Waals surface area contributed by atoms with E-state index in [0.717, 1.165) is 24.0 Å². The molecule has 2 fully saturated rings. The molecule has 1 aromatic rings. The van der Waals surface area contributed by atoms with Crippen LogP contribution in [0.2, 0.25) is 0 Å². The number of hydrogen-bond acceptors (Lipinski definition) is 2. The lowest BCUT2D eigenvalue weighted by atomic mass is 9.71.